The Hall–Kier alpha value is -2.59. The summed E-state index contributed by atoms with van der Waals surface area (Å²) in [4.78, 5) is 0. The Balaban J connectivity index is 0.00000256. The molecular weight excluding hydrogens is 394 g/mol. The first kappa shape index (κ1) is 22.1. The smallest absolute Gasteiger partial charge is 0.115 e. The van der Waals surface area contributed by atoms with Crippen LogP contribution in [0.3, 0.4) is 0 Å². The van der Waals surface area contributed by atoms with Gasteiger partial charge in [-0.15, -0.1) is 12.4 Å². The van der Waals surface area contributed by atoms with E-state index >= 15 is 0 Å². The number of aromatic hydroxyl groups is 1. The maximum absolute atomic E-state index is 9.78. The third-order valence-electron chi connectivity index (χ3n) is 5.62. The molecule has 0 amide bonds. The molecule has 1 saturated heterocycles. The van der Waals surface area contributed by atoms with E-state index in [1.807, 2.05) is 18.2 Å². The molecule has 0 bridgehead atoms. The van der Waals surface area contributed by atoms with Crippen molar-refractivity contribution in [2.75, 3.05) is 19.7 Å². The van der Waals surface area contributed by atoms with Gasteiger partial charge in [0.1, 0.15) is 5.75 Å². The Bertz CT molecular complexity index is 962. The van der Waals surface area contributed by atoms with E-state index in [1.165, 1.54) is 11.1 Å². The van der Waals surface area contributed by atoms with Crippen LogP contribution < -0.4 is 5.32 Å². The molecule has 0 radical (unpaired) electrons. The lowest BCUT2D eigenvalue weighted by Gasteiger charge is -2.27. The van der Waals surface area contributed by atoms with Crippen LogP contribution in [0, 0.1) is 0 Å². The molecule has 0 aliphatic carbocycles. The van der Waals surface area contributed by atoms with Gasteiger partial charge in [-0.1, -0.05) is 66.7 Å². The first-order chi connectivity index (χ1) is 14.3. The lowest BCUT2D eigenvalue weighted by molar-refractivity contribution is 0.290. The zero-order chi connectivity index (χ0) is 20.1. The highest BCUT2D eigenvalue weighted by Gasteiger charge is 2.19. The van der Waals surface area contributed by atoms with Crippen molar-refractivity contribution in [3.8, 4) is 5.75 Å². The molecule has 1 heterocycles. The van der Waals surface area contributed by atoms with Gasteiger partial charge < -0.3 is 15.5 Å². The van der Waals surface area contributed by atoms with Crippen molar-refractivity contribution >= 4 is 23.6 Å². The fourth-order valence-corrected chi connectivity index (χ4v) is 3.90. The van der Waals surface area contributed by atoms with Gasteiger partial charge in [-0.05, 0) is 58.4 Å². The Morgan fingerprint density at radius 3 is 1.93 bits per heavy atom. The molecule has 4 rings (SSSR count). The third kappa shape index (κ3) is 4.93. The summed E-state index contributed by atoms with van der Waals surface area (Å²) in [6.45, 7) is 2.25. The SMILES string of the molecule is Cl.OCCC/C(=C(\c1ccc(O)cc1)c1ccc(C2CNC2)cc1)c1ccccc1. The summed E-state index contributed by atoms with van der Waals surface area (Å²) < 4.78 is 0. The van der Waals surface area contributed by atoms with Crippen molar-refractivity contribution in [1.29, 1.82) is 0 Å². The average molecular weight is 422 g/mol. The fraction of sp³-hybridized carbons (Fsp3) is 0.231. The number of halogens is 1. The van der Waals surface area contributed by atoms with E-state index in [-0.39, 0.29) is 24.8 Å². The number of aliphatic hydroxyl groups excluding tert-OH is 1. The standard InChI is InChI=1S/C26H27NO2.ClH/c28-16-4-7-25(20-5-2-1-3-6-20)26(22-12-14-24(29)15-13-22)21-10-8-19(9-11-21)23-17-27-18-23;/h1-3,5-6,8-15,23,27-29H,4,7,16-18H2;1H/b26-25+;. The highest BCUT2D eigenvalue weighted by molar-refractivity contribution is 5.98. The molecule has 0 atom stereocenters. The van der Waals surface area contributed by atoms with Crippen LogP contribution in [0.2, 0.25) is 0 Å². The molecular formula is C26H28ClNO2. The Morgan fingerprint density at radius 2 is 1.40 bits per heavy atom. The van der Waals surface area contributed by atoms with Gasteiger partial charge in [0.15, 0.2) is 0 Å². The minimum absolute atomic E-state index is 0. The van der Waals surface area contributed by atoms with Crippen LogP contribution in [0.5, 0.6) is 5.75 Å². The van der Waals surface area contributed by atoms with E-state index in [9.17, 15) is 10.2 Å². The maximum atomic E-state index is 9.78. The van der Waals surface area contributed by atoms with Crippen LogP contribution in [0.15, 0.2) is 78.9 Å². The van der Waals surface area contributed by atoms with Crippen molar-refractivity contribution in [2.45, 2.75) is 18.8 Å². The summed E-state index contributed by atoms with van der Waals surface area (Å²) in [5, 5.41) is 22.6. The molecule has 3 nitrogen and oxygen atoms in total. The number of phenolic OH excluding ortho intramolecular Hbond substituents is 1. The molecule has 3 aromatic carbocycles. The second-order valence-corrected chi connectivity index (χ2v) is 7.57. The van der Waals surface area contributed by atoms with E-state index in [0.717, 1.165) is 41.8 Å². The van der Waals surface area contributed by atoms with Gasteiger partial charge >= 0.3 is 0 Å². The van der Waals surface area contributed by atoms with Crippen LogP contribution >= 0.6 is 12.4 Å². The Kier molecular flexibility index (Phi) is 7.69. The number of allylic oxidation sites excluding steroid dienone is 1. The van der Waals surface area contributed by atoms with E-state index in [0.29, 0.717) is 12.3 Å². The molecule has 0 saturated carbocycles. The van der Waals surface area contributed by atoms with Crippen molar-refractivity contribution < 1.29 is 10.2 Å². The Labute approximate surface area is 184 Å². The average Bonchev–Trinajstić information content (AvgIpc) is 2.72. The highest BCUT2D eigenvalue weighted by atomic mass is 35.5. The topological polar surface area (TPSA) is 52.5 Å². The normalized spacial score (nSPS) is 14.4. The molecule has 1 fully saturated rings. The van der Waals surface area contributed by atoms with Gasteiger partial charge in [0.2, 0.25) is 0 Å². The minimum atomic E-state index is 0. The summed E-state index contributed by atoms with van der Waals surface area (Å²) in [6, 6.07) is 26.7. The predicted octanol–water partition coefficient (Wildman–Crippen LogP) is 5.23. The molecule has 30 heavy (non-hydrogen) atoms. The van der Waals surface area contributed by atoms with Gasteiger partial charge in [-0.3, -0.25) is 0 Å². The van der Waals surface area contributed by atoms with Crippen LogP contribution in [0.4, 0.5) is 0 Å². The number of nitrogens with one attached hydrogen (secondary N) is 1. The number of benzene rings is 3. The first-order valence-corrected chi connectivity index (χ1v) is 10.3. The van der Waals surface area contributed by atoms with Crippen LogP contribution in [-0.2, 0) is 0 Å². The molecule has 3 N–H and O–H groups in total. The molecule has 156 valence electrons. The van der Waals surface area contributed by atoms with Crippen LogP contribution in [-0.4, -0.2) is 29.9 Å². The summed E-state index contributed by atoms with van der Waals surface area (Å²) in [6.07, 6.45) is 1.49. The molecule has 4 heteroatoms. The third-order valence-corrected chi connectivity index (χ3v) is 5.62. The second-order valence-electron chi connectivity index (χ2n) is 7.57. The summed E-state index contributed by atoms with van der Waals surface area (Å²) in [7, 11) is 0. The van der Waals surface area contributed by atoms with Gasteiger partial charge in [-0.25, -0.2) is 0 Å². The van der Waals surface area contributed by atoms with E-state index in [1.54, 1.807) is 12.1 Å². The lowest BCUT2D eigenvalue weighted by Crippen LogP contribution is -2.39. The van der Waals surface area contributed by atoms with E-state index in [4.69, 9.17) is 0 Å². The number of phenols is 1. The van der Waals surface area contributed by atoms with Crippen molar-refractivity contribution in [2.24, 2.45) is 0 Å². The molecule has 0 spiro atoms. The monoisotopic (exact) mass is 421 g/mol. The second kappa shape index (κ2) is 10.4. The van der Waals surface area contributed by atoms with Crippen molar-refractivity contribution in [1.82, 2.24) is 5.32 Å². The summed E-state index contributed by atoms with van der Waals surface area (Å²) in [5.41, 5.74) is 7.12. The maximum Gasteiger partial charge on any atom is 0.115 e. The number of hydrogen-bond acceptors (Lipinski definition) is 3. The Morgan fingerprint density at radius 1 is 0.800 bits per heavy atom. The number of aliphatic hydroxyl groups is 1. The van der Waals surface area contributed by atoms with E-state index in [2.05, 4.69) is 53.8 Å². The number of rotatable bonds is 7. The minimum Gasteiger partial charge on any atom is -0.508 e. The quantitative estimate of drug-likeness (QED) is 0.458. The molecule has 3 aromatic rings. The van der Waals surface area contributed by atoms with Crippen molar-refractivity contribution in [3.63, 3.8) is 0 Å². The van der Waals surface area contributed by atoms with Gasteiger partial charge in [0, 0.05) is 25.6 Å². The fourth-order valence-electron chi connectivity index (χ4n) is 3.90. The zero-order valence-corrected chi connectivity index (χ0v) is 17.7. The van der Waals surface area contributed by atoms with Gasteiger partial charge in [-0.2, -0.15) is 0 Å². The molecule has 1 aliphatic rings. The summed E-state index contributed by atoms with van der Waals surface area (Å²) >= 11 is 0. The van der Waals surface area contributed by atoms with E-state index < -0.39 is 0 Å². The summed E-state index contributed by atoms with van der Waals surface area (Å²) in [5.74, 6) is 0.866. The predicted molar refractivity (Wildman–Crippen MR) is 126 cm³/mol. The van der Waals surface area contributed by atoms with Crippen LogP contribution in [0.25, 0.3) is 11.1 Å². The lowest BCUT2D eigenvalue weighted by atomic mass is 9.85. The van der Waals surface area contributed by atoms with Crippen LogP contribution in [0.1, 0.15) is 41.0 Å². The van der Waals surface area contributed by atoms with Crippen molar-refractivity contribution in [3.05, 3.63) is 101 Å². The highest BCUT2D eigenvalue weighted by Crippen LogP contribution is 2.36. The zero-order valence-electron chi connectivity index (χ0n) is 16.9. The molecule has 0 unspecified atom stereocenters. The first-order valence-electron chi connectivity index (χ1n) is 10.3. The van der Waals surface area contributed by atoms with Gasteiger partial charge in [0.25, 0.3) is 0 Å². The number of hydrogen-bond donors (Lipinski definition) is 3. The molecule has 0 aromatic heterocycles. The molecule has 1 aliphatic heterocycles. The largest absolute Gasteiger partial charge is 0.508 e. The van der Waals surface area contributed by atoms with Gasteiger partial charge in [0.05, 0.1) is 0 Å².